The zero-order valence-corrected chi connectivity index (χ0v) is 13.3. The third-order valence-corrected chi connectivity index (χ3v) is 3.21. The minimum absolute atomic E-state index is 0.0524. The van der Waals surface area contributed by atoms with Crippen molar-refractivity contribution in [2.45, 2.75) is 13.8 Å². The van der Waals surface area contributed by atoms with Crippen LogP contribution >= 0.6 is 0 Å². The molecule has 0 aliphatic carbocycles. The summed E-state index contributed by atoms with van der Waals surface area (Å²) in [4.78, 5) is 12.2. The van der Waals surface area contributed by atoms with Crippen LogP contribution in [0.3, 0.4) is 0 Å². The van der Waals surface area contributed by atoms with E-state index in [1.54, 1.807) is 44.2 Å². The number of benzene rings is 1. The maximum atomic E-state index is 12.2. The van der Waals surface area contributed by atoms with Gasteiger partial charge in [-0.25, -0.2) is 0 Å². The number of ether oxygens (including phenoxy) is 2. The third-order valence-electron chi connectivity index (χ3n) is 3.21. The molecule has 0 unspecified atom stereocenters. The molecule has 1 aromatic carbocycles. The number of nitrogens with zero attached hydrogens (tertiary/aromatic N) is 1. The number of hydrogen-bond acceptors (Lipinski definition) is 5. The predicted molar refractivity (Wildman–Crippen MR) is 85.6 cm³/mol. The molecule has 2 aromatic rings. The van der Waals surface area contributed by atoms with Crippen LogP contribution in [0.1, 0.15) is 27.4 Å². The molecule has 23 heavy (non-hydrogen) atoms. The van der Waals surface area contributed by atoms with E-state index in [4.69, 9.17) is 19.2 Å². The van der Waals surface area contributed by atoms with Crippen LogP contribution in [0.5, 0.6) is 11.5 Å². The summed E-state index contributed by atoms with van der Waals surface area (Å²) in [5.74, 6) is 2.18. The van der Waals surface area contributed by atoms with Crippen LogP contribution in [-0.2, 0) is 0 Å². The van der Waals surface area contributed by atoms with Crippen LogP contribution in [0.25, 0.3) is 6.08 Å². The molecule has 118 valence electrons. The highest BCUT2D eigenvalue weighted by molar-refractivity contribution is 6.07. The maximum Gasteiger partial charge on any atom is 0.189 e. The monoisotopic (exact) mass is 311 g/mol. The van der Waals surface area contributed by atoms with E-state index in [9.17, 15) is 4.79 Å². The van der Waals surface area contributed by atoms with Crippen molar-refractivity contribution in [3.63, 3.8) is 0 Å². The lowest BCUT2D eigenvalue weighted by Crippen LogP contribution is -1.97. The first kappa shape index (κ1) is 16.4. The van der Waals surface area contributed by atoms with Gasteiger partial charge in [0.1, 0.15) is 17.6 Å². The molecule has 0 radical (unpaired) electrons. The van der Waals surface area contributed by atoms with Gasteiger partial charge in [0.2, 0.25) is 0 Å². The van der Waals surface area contributed by atoms with Gasteiger partial charge in [-0.2, -0.15) is 5.26 Å². The first-order valence-electron chi connectivity index (χ1n) is 7.02. The van der Waals surface area contributed by atoms with Gasteiger partial charge in [-0.3, -0.25) is 4.79 Å². The number of ketones is 1. The lowest BCUT2D eigenvalue weighted by atomic mass is 10.1. The minimum atomic E-state index is -0.122. The first-order valence-corrected chi connectivity index (χ1v) is 7.02. The quantitative estimate of drug-likeness (QED) is 0.600. The average Bonchev–Trinajstić information content (AvgIpc) is 2.89. The summed E-state index contributed by atoms with van der Waals surface area (Å²) in [5, 5.41) is 8.55. The Balaban J connectivity index is 2.18. The molecule has 2 rings (SSSR count). The van der Waals surface area contributed by atoms with Gasteiger partial charge in [0.25, 0.3) is 0 Å². The van der Waals surface area contributed by atoms with Crippen molar-refractivity contribution in [2.24, 2.45) is 0 Å². The van der Waals surface area contributed by atoms with E-state index in [-0.39, 0.29) is 12.4 Å². The van der Waals surface area contributed by atoms with Crippen molar-refractivity contribution in [3.8, 4) is 17.6 Å². The maximum absolute atomic E-state index is 12.2. The number of rotatable bonds is 6. The molecule has 0 aliphatic rings. The summed E-state index contributed by atoms with van der Waals surface area (Å²) >= 11 is 0. The highest BCUT2D eigenvalue weighted by Gasteiger charge is 2.11. The van der Waals surface area contributed by atoms with Crippen LogP contribution < -0.4 is 9.47 Å². The summed E-state index contributed by atoms with van der Waals surface area (Å²) in [6, 6.07) is 8.85. The highest BCUT2D eigenvalue weighted by atomic mass is 16.5. The smallest absolute Gasteiger partial charge is 0.189 e. The van der Waals surface area contributed by atoms with Gasteiger partial charge in [-0.05, 0) is 43.7 Å². The van der Waals surface area contributed by atoms with Crippen LogP contribution in [0.2, 0.25) is 0 Å². The molecule has 5 heteroatoms. The van der Waals surface area contributed by atoms with Crippen LogP contribution in [0.4, 0.5) is 0 Å². The van der Waals surface area contributed by atoms with Gasteiger partial charge in [-0.15, -0.1) is 0 Å². The fraction of sp³-hybridized carbons (Fsp3) is 0.222. The number of nitriles is 1. The summed E-state index contributed by atoms with van der Waals surface area (Å²) in [6.07, 6.45) is 3.18. The topological polar surface area (TPSA) is 72.5 Å². The van der Waals surface area contributed by atoms with E-state index in [2.05, 4.69) is 0 Å². The first-order chi connectivity index (χ1) is 11.0. The average molecular weight is 311 g/mol. The molecule has 0 saturated carbocycles. The van der Waals surface area contributed by atoms with E-state index in [1.807, 2.05) is 6.07 Å². The summed E-state index contributed by atoms with van der Waals surface area (Å²) in [6.45, 7) is 3.51. The molecule has 0 saturated heterocycles. The normalized spacial score (nSPS) is 10.5. The number of carbonyl (C=O) groups is 1. The Kier molecular flexibility index (Phi) is 5.21. The highest BCUT2D eigenvalue weighted by Crippen LogP contribution is 2.28. The van der Waals surface area contributed by atoms with E-state index in [0.29, 0.717) is 28.6 Å². The van der Waals surface area contributed by atoms with E-state index < -0.39 is 0 Å². The van der Waals surface area contributed by atoms with Crippen molar-refractivity contribution in [2.75, 3.05) is 13.7 Å². The molecular formula is C18H17NO4. The van der Waals surface area contributed by atoms with Crippen molar-refractivity contribution in [1.82, 2.24) is 0 Å². The van der Waals surface area contributed by atoms with Gasteiger partial charge in [0.05, 0.1) is 12.7 Å². The number of allylic oxidation sites excluding steroid dienone is 1. The van der Waals surface area contributed by atoms with E-state index in [1.165, 1.54) is 13.2 Å². The van der Waals surface area contributed by atoms with Crippen molar-refractivity contribution in [3.05, 3.63) is 53.0 Å². The molecule has 5 nitrogen and oxygen atoms in total. The van der Waals surface area contributed by atoms with Crippen molar-refractivity contribution < 1.29 is 18.7 Å². The largest absolute Gasteiger partial charge is 0.493 e. The lowest BCUT2D eigenvalue weighted by molar-refractivity contribution is 0.104. The minimum Gasteiger partial charge on any atom is -0.493 e. The Morgan fingerprint density at radius 1 is 1.30 bits per heavy atom. The molecule has 0 fully saturated rings. The molecule has 0 aliphatic heterocycles. The Bertz CT molecular complexity index is 781. The van der Waals surface area contributed by atoms with Crippen LogP contribution in [-0.4, -0.2) is 19.5 Å². The molecule has 1 heterocycles. The molecule has 1 aromatic heterocycles. The van der Waals surface area contributed by atoms with E-state index >= 15 is 0 Å². The number of hydrogen-bond donors (Lipinski definition) is 0. The fourth-order valence-corrected chi connectivity index (χ4v) is 2.15. The SMILES string of the molecule is COc1cc(/C=C/C(=O)c2cc(C)oc2C)ccc1OCC#N. The fourth-order valence-electron chi connectivity index (χ4n) is 2.15. The Morgan fingerprint density at radius 2 is 2.09 bits per heavy atom. The molecule has 0 spiro atoms. The second-order valence-corrected chi connectivity index (χ2v) is 4.88. The number of carbonyl (C=O) groups excluding carboxylic acids is 1. The Hall–Kier alpha value is -3.00. The zero-order chi connectivity index (χ0) is 16.8. The van der Waals surface area contributed by atoms with Gasteiger partial charge < -0.3 is 13.9 Å². The van der Waals surface area contributed by atoms with Crippen molar-refractivity contribution >= 4 is 11.9 Å². The van der Waals surface area contributed by atoms with Gasteiger partial charge in [0, 0.05) is 0 Å². The Morgan fingerprint density at radius 3 is 2.70 bits per heavy atom. The van der Waals surface area contributed by atoms with Crippen LogP contribution in [0, 0.1) is 25.2 Å². The lowest BCUT2D eigenvalue weighted by Gasteiger charge is -2.08. The van der Waals surface area contributed by atoms with E-state index in [0.717, 1.165) is 5.56 Å². The second-order valence-electron chi connectivity index (χ2n) is 4.88. The summed E-state index contributed by atoms with van der Waals surface area (Å²) in [5.41, 5.74) is 1.34. The number of methoxy groups -OCH3 is 1. The third kappa shape index (κ3) is 4.01. The van der Waals surface area contributed by atoms with Gasteiger partial charge in [0.15, 0.2) is 23.9 Å². The molecule has 0 bridgehead atoms. The van der Waals surface area contributed by atoms with Crippen LogP contribution in [0.15, 0.2) is 34.8 Å². The summed E-state index contributed by atoms with van der Waals surface area (Å²) < 4.78 is 15.8. The summed E-state index contributed by atoms with van der Waals surface area (Å²) in [7, 11) is 1.52. The van der Waals surface area contributed by atoms with Gasteiger partial charge in [-0.1, -0.05) is 12.1 Å². The molecule has 0 N–H and O–H groups in total. The second kappa shape index (κ2) is 7.32. The van der Waals surface area contributed by atoms with Crippen molar-refractivity contribution in [1.29, 1.82) is 5.26 Å². The molecule has 0 amide bonds. The standard InChI is InChI=1S/C18H17NO4/c1-12-10-15(13(2)23-12)16(20)6-4-14-5-7-17(22-9-8-19)18(11-14)21-3/h4-7,10-11H,9H2,1-3H3/b6-4+. The zero-order valence-electron chi connectivity index (χ0n) is 13.3. The van der Waals surface area contributed by atoms with Gasteiger partial charge >= 0.3 is 0 Å². The number of furan rings is 1. The predicted octanol–water partition coefficient (Wildman–Crippen LogP) is 3.70. The molecular weight excluding hydrogens is 294 g/mol. The number of aryl methyl sites for hydroxylation is 2. The Labute approximate surface area is 134 Å². The molecule has 0 atom stereocenters.